The van der Waals surface area contributed by atoms with E-state index in [2.05, 4.69) is 106 Å². The highest BCUT2D eigenvalue weighted by Crippen LogP contribution is 2.32. The number of hydrogen-bond donors (Lipinski definition) is 3. The van der Waals surface area contributed by atoms with Crippen LogP contribution in [0.2, 0.25) is 0 Å². The van der Waals surface area contributed by atoms with Gasteiger partial charge in [0.25, 0.3) is 0 Å². The van der Waals surface area contributed by atoms with Crippen molar-refractivity contribution in [3.05, 3.63) is 114 Å². The molecule has 0 bridgehead atoms. The van der Waals surface area contributed by atoms with Crippen molar-refractivity contribution in [1.29, 1.82) is 0 Å². The normalized spacial score (nSPS) is 15.1. The maximum atomic E-state index is 15.4. The summed E-state index contributed by atoms with van der Waals surface area (Å²) in [6.45, 7) is 17.7. The molecule has 15 heteroatoms. The van der Waals surface area contributed by atoms with Crippen LogP contribution in [-0.2, 0) is 16.8 Å². The van der Waals surface area contributed by atoms with Crippen LogP contribution in [-0.4, -0.2) is 102 Å². The lowest BCUT2D eigenvalue weighted by Crippen LogP contribution is -2.49. The Morgan fingerprint density at radius 3 is 2.27 bits per heavy atom. The molecule has 3 aromatic carbocycles. The number of piperidine rings is 1. The van der Waals surface area contributed by atoms with Crippen LogP contribution in [0.3, 0.4) is 0 Å². The first kappa shape index (κ1) is 43.1. The van der Waals surface area contributed by atoms with Crippen LogP contribution in [0, 0.1) is 11.7 Å². The summed E-state index contributed by atoms with van der Waals surface area (Å²) in [5, 5.41) is 17.9. The van der Waals surface area contributed by atoms with Gasteiger partial charge in [0.15, 0.2) is 11.5 Å². The molecule has 0 saturated carbocycles. The van der Waals surface area contributed by atoms with Gasteiger partial charge in [0.2, 0.25) is 0 Å². The lowest BCUT2D eigenvalue weighted by Gasteiger charge is -2.40. The standard InChI is InChI=1S/C48H56FN11O3/c1-32(50-5)60(19-6-26-61)40-15-13-39(14-16-40)58-20-17-33(18-21-58)31-57-22-24-59(25-23-57)38-11-9-34(10-12-38)37-27-41-43(54-55-44(41)51-30-37)35-7-8-36(42(49)28-35)29-52-45(62)46-53-47(56-63-46)48(2,3)4/h7-16,26-28,30,33,50H,1,6,17-25,29,31H2,2-5H3,(H,52,62)(H,51,54,55). The van der Waals surface area contributed by atoms with Gasteiger partial charge in [-0.3, -0.25) is 14.8 Å². The number of carbonyl (C=O) groups excluding carboxylic acids is 2. The van der Waals surface area contributed by atoms with Crippen molar-refractivity contribution in [1.82, 2.24) is 40.9 Å². The van der Waals surface area contributed by atoms with Gasteiger partial charge >= 0.3 is 11.8 Å². The van der Waals surface area contributed by atoms with Crippen molar-refractivity contribution in [2.24, 2.45) is 5.92 Å². The highest BCUT2D eigenvalue weighted by atomic mass is 19.1. The Bertz CT molecular complexity index is 2530. The number of fused-ring (bicyclic) bond motifs is 1. The van der Waals surface area contributed by atoms with Crippen molar-refractivity contribution in [3.63, 3.8) is 0 Å². The fourth-order valence-electron chi connectivity index (χ4n) is 8.36. The highest BCUT2D eigenvalue weighted by Gasteiger charge is 2.26. The summed E-state index contributed by atoms with van der Waals surface area (Å²) in [6, 6.07) is 24.1. The third-order valence-corrected chi connectivity index (χ3v) is 12.2. The molecular formula is C48H56FN11O3. The van der Waals surface area contributed by atoms with Gasteiger partial charge in [-0.25, -0.2) is 9.37 Å². The van der Waals surface area contributed by atoms with Crippen molar-refractivity contribution >= 4 is 40.3 Å². The number of aromatic nitrogens is 5. The Morgan fingerprint density at radius 1 is 0.937 bits per heavy atom. The lowest BCUT2D eigenvalue weighted by atomic mass is 9.95. The highest BCUT2D eigenvalue weighted by molar-refractivity contribution is 5.93. The van der Waals surface area contributed by atoms with Crippen LogP contribution in [0.15, 0.2) is 95.9 Å². The Hall–Kier alpha value is -6.61. The fourth-order valence-corrected chi connectivity index (χ4v) is 8.36. The van der Waals surface area contributed by atoms with E-state index in [0.717, 1.165) is 80.1 Å². The summed E-state index contributed by atoms with van der Waals surface area (Å²) in [5.41, 5.74) is 7.18. The molecule has 3 aromatic heterocycles. The number of anilines is 3. The Labute approximate surface area is 367 Å². The molecular weight excluding hydrogens is 798 g/mol. The zero-order chi connectivity index (χ0) is 44.1. The minimum Gasteiger partial charge on any atom is -0.375 e. The topological polar surface area (TPSA) is 152 Å². The maximum absolute atomic E-state index is 15.4. The van der Waals surface area contributed by atoms with Crippen LogP contribution < -0.4 is 25.3 Å². The quantitative estimate of drug-likeness (QED) is 0.0899. The second-order valence-electron chi connectivity index (χ2n) is 17.4. The number of nitrogens with zero attached hydrogens (tertiary/aromatic N) is 8. The number of pyridine rings is 1. The van der Waals surface area contributed by atoms with Gasteiger partial charge in [-0.05, 0) is 72.9 Å². The number of aromatic amines is 1. The Balaban J connectivity index is 0.820. The van der Waals surface area contributed by atoms with Gasteiger partial charge in [-0.1, -0.05) is 56.8 Å². The minimum absolute atomic E-state index is 0.0461. The maximum Gasteiger partial charge on any atom is 0.315 e. The smallest absolute Gasteiger partial charge is 0.315 e. The molecule has 6 aromatic rings. The molecule has 2 aliphatic rings. The molecule has 2 aliphatic heterocycles. The number of H-pyrrole nitrogens is 1. The van der Waals surface area contributed by atoms with Gasteiger partial charge in [-0.15, -0.1) is 0 Å². The molecule has 0 radical (unpaired) electrons. The lowest BCUT2D eigenvalue weighted by molar-refractivity contribution is -0.107. The number of amides is 1. The molecule has 2 saturated heterocycles. The van der Waals surface area contributed by atoms with Gasteiger partial charge in [0, 0.05) is 123 Å². The number of piperazine rings is 1. The van der Waals surface area contributed by atoms with E-state index in [1.54, 1.807) is 12.1 Å². The molecule has 0 spiro atoms. The molecule has 5 heterocycles. The molecule has 0 atom stereocenters. The van der Waals surface area contributed by atoms with E-state index in [1.165, 1.54) is 30.3 Å². The van der Waals surface area contributed by atoms with E-state index >= 15 is 4.39 Å². The van der Waals surface area contributed by atoms with E-state index in [9.17, 15) is 9.59 Å². The number of benzene rings is 3. The molecule has 8 rings (SSSR count). The predicted octanol–water partition coefficient (Wildman–Crippen LogP) is 7.17. The second-order valence-corrected chi connectivity index (χ2v) is 17.4. The first-order valence-corrected chi connectivity index (χ1v) is 21.7. The molecule has 0 unspecified atom stereocenters. The summed E-state index contributed by atoms with van der Waals surface area (Å²) in [5.74, 6) is 0.685. The number of carbonyl (C=O) groups is 2. The number of rotatable bonds is 15. The fraction of sp³-hybridized carbons (Fsp3) is 0.375. The largest absolute Gasteiger partial charge is 0.375 e. The Morgan fingerprint density at radius 2 is 1.62 bits per heavy atom. The summed E-state index contributed by atoms with van der Waals surface area (Å²) in [7, 11) is 1.85. The van der Waals surface area contributed by atoms with Crippen LogP contribution in [0.5, 0.6) is 0 Å². The molecule has 2 fully saturated rings. The van der Waals surface area contributed by atoms with E-state index in [0.29, 0.717) is 47.2 Å². The molecule has 1 amide bonds. The first-order valence-electron chi connectivity index (χ1n) is 21.7. The van der Waals surface area contributed by atoms with Crippen LogP contribution in [0.4, 0.5) is 21.5 Å². The summed E-state index contributed by atoms with van der Waals surface area (Å²) >= 11 is 0. The third-order valence-electron chi connectivity index (χ3n) is 12.2. The van der Waals surface area contributed by atoms with Gasteiger partial charge in [0.1, 0.15) is 17.8 Å². The second kappa shape index (κ2) is 18.8. The summed E-state index contributed by atoms with van der Waals surface area (Å²) < 4.78 is 20.5. The van der Waals surface area contributed by atoms with E-state index in [4.69, 9.17) is 4.52 Å². The number of nitrogens with one attached hydrogen (secondary N) is 3. The van der Waals surface area contributed by atoms with E-state index < -0.39 is 11.7 Å². The first-order chi connectivity index (χ1) is 30.5. The number of aldehydes is 1. The van der Waals surface area contributed by atoms with Crippen molar-refractivity contribution in [3.8, 4) is 22.4 Å². The van der Waals surface area contributed by atoms with Crippen LogP contribution in [0.1, 0.15) is 62.1 Å². The number of halogens is 1. The predicted molar refractivity (Wildman–Crippen MR) is 245 cm³/mol. The monoisotopic (exact) mass is 853 g/mol. The van der Waals surface area contributed by atoms with Gasteiger partial charge in [-0.2, -0.15) is 10.1 Å². The number of hydrogen-bond acceptors (Lipinski definition) is 12. The molecule has 0 aliphatic carbocycles. The van der Waals surface area contributed by atoms with E-state index in [-0.39, 0.29) is 17.9 Å². The average Bonchev–Trinajstić information content (AvgIpc) is 3.98. The zero-order valence-electron chi connectivity index (χ0n) is 36.5. The van der Waals surface area contributed by atoms with Gasteiger partial charge < -0.3 is 34.7 Å². The van der Waals surface area contributed by atoms with Crippen molar-refractivity contribution in [2.45, 2.75) is 52.0 Å². The average molecular weight is 854 g/mol. The van der Waals surface area contributed by atoms with E-state index in [1.807, 2.05) is 45.0 Å². The van der Waals surface area contributed by atoms with Gasteiger partial charge in [0.05, 0.1) is 5.82 Å². The molecule has 63 heavy (non-hydrogen) atoms. The third kappa shape index (κ3) is 9.88. The zero-order valence-corrected chi connectivity index (χ0v) is 36.5. The summed E-state index contributed by atoms with van der Waals surface area (Å²) in [6.07, 6.45) is 5.58. The SMILES string of the molecule is C=C(NC)N(CCC=O)c1ccc(N2CCC(CN3CCN(c4ccc(-c5cnc6[nH]nc(-c7ccc(CNC(=O)c8nc(C(C)(C)C)no8)c(F)c7)c6c5)cc4)CC3)CC2)cc1. The van der Waals surface area contributed by atoms with Crippen LogP contribution in [0.25, 0.3) is 33.4 Å². The molecule has 328 valence electrons. The minimum atomic E-state index is -0.567. The molecule has 3 N–H and O–H groups in total. The molecule has 14 nitrogen and oxygen atoms in total. The van der Waals surface area contributed by atoms with Crippen LogP contribution >= 0.6 is 0 Å². The summed E-state index contributed by atoms with van der Waals surface area (Å²) in [4.78, 5) is 42.1. The van der Waals surface area contributed by atoms with Crippen molar-refractivity contribution < 1.29 is 18.5 Å². The van der Waals surface area contributed by atoms with Crippen molar-refractivity contribution in [2.75, 3.05) is 74.1 Å². The Kier molecular flexibility index (Phi) is 12.8.